The average Bonchev–Trinajstić information content (AvgIpc) is 2.75. The van der Waals surface area contributed by atoms with Crippen LogP contribution in [0.3, 0.4) is 0 Å². The van der Waals surface area contributed by atoms with Crippen LogP contribution in [-0.2, 0) is 4.74 Å². The summed E-state index contributed by atoms with van der Waals surface area (Å²) in [5.74, 6) is 0. The van der Waals surface area contributed by atoms with E-state index in [0.717, 1.165) is 6.54 Å². The smallest absolute Gasteiger partial charge is 0.0880 e. The van der Waals surface area contributed by atoms with Crippen molar-refractivity contribution in [2.24, 2.45) is 0 Å². The zero-order chi connectivity index (χ0) is 14.4. The van der Waals surface area contributed by atoms with Gasteiger partial charge in [0.25, 0.3) is 0 Å². The molecule has 1 saturated carbocycles. The number of ether oxygens (including phenoxy) is 1. The number of thiophene rings is 1. The van der Waals surface area contributed by atoms with Gasteiger partial charge in [-0.1, -0.05) is 32.6 Å². The van der Waals surface area contributed by atoms with E-state index in [1.807, 2.05) is 18.4 Å². The normalized spacial score (nSPS) is 20.6. The van der Waals surface area contributed by atoms with Gasteiger partial charge in [-0.15, -0.1) is 11.3 Å². The van der Waals surface area contributed by atoms with Crippen molar-refractivity contribution >= 4 is 11.3 Å². The van der Waals surface area contributed by atoms with Crippen LogP contribution < -0.4 is 5.32 Å². The van der Waals surface area contributed by atoms with Crippen LogP contribution >= 0.6 is 11.3 Å². The Morgan fingerprint density at radius 3 is 2.50 bits per heavy atom. The van der Waals surface area contributed by atoms with Gasteiger partial charge in [0, 0.05) is 12.0 Å². The standard InChI is InChI=1S/C17H29NOS/c1-4-12-18-16(15-14(2)9-13-20-15)17(19-3)10-7-5-6-8-11-17/h9,13,16,18H,4-8,10-12H2,1-3H3. The minimum Gasteiger partial charge on any atom is -0.376 e. The molecule has 3 heteroatoms. The molecule has 0 spiro atoms. The highest BCUT2D eigenvalue weighted by Crippen LogP contribution is 2.42. The van der Waals surface area contributed by atoms with Gasteiger partial charge < -0.3 is 10.1 Å². The summed E-state index contributed by atoms with van der Waals surface area (Å²) in [6.45, 7) is 5.53. The summed E-state index contributed by atoms with van der Waals surface area (Å²) in [6, 6.07) is 2.59. The Hall–Kier alpha value is -0.380. The molecule has 1 aliphatic carbocycles. The number of aryl methyl sites for hydroxylation is 1. The Kier molecular flexibility index (Phi) is 6.06. The molecule has 0 aromatic carbocycles. The van der Waals surface area contributed by atoms with Crippen LogP contribution in [0.4, 0.5) is 0 Å². The maximum Gasteiger partial charge on any atom is 0.0880 e. The van der Waals surface area contributed by atoms with Crippen LogP contribution in [0, 0.1) is 6.92 Å². The lowest BCUT2D eigenvalue weighted by atomic mass is 9.84. The fraction of sp³-hybridized carbons (Fsp3) is 0.765. The predicted molar refractivity (Wildman–Crippen MR) is 87.5 cm³/mol. The molecule has 2 rings (SSSR count). The summed E-state index contributed by atoms with van der Waals surface area (Å²) in [7, 11) is 1.91. The quantitative estimate of drug-likeness (QED) is 0.758. The van der Waals surface area contributed by atoms with E-state index in [-0.39, 0.29) is 5.60 Å². The van der Waals surface area contributed by atoms with Gasteiger partial charge in [-0.2, -0.15) is 0 Å². The molecule has 20 heavy (non-hydrogen) atoms. The Labute approximate surface area is 127 Å². The highest BCUT2D eigenvalue weighted by atomic mass is 32.1. The summed E-state index contributed by atoms with van der Waals surface area (Å²) in [5.41, 5.74) is 1.39. The van der Waals surface area contributed by atoms with Gasteiger partial charge in [0.2, 0.25) is 0 Å². The average molecular weight is 295 g/mol. The minimum atomic E-state index is -0.0126. The molecule has 0 saturated heterocycles. The van der Waals surface area contributed by atoms with Crippen molar-refractivity contribution in [1.29, 1.82) is 0 Å². The molecule has 1 unspecified atom stereocenters. The lowest BCUT2D eigenvalue weighted by Crippen LogP contribution is -2.45. The van der Waals surface area contributed by atoms with E-state index in [1.165, 1.54) is 55.4 Å². The fourth-order valence-corrected chi connectivity index (χ4v) is 4.53. The summed E-state index contributed by atoms with van der Waals surface area (Å²) < 4.78 is 6.14. The second-order valence-electron chi connectivity index (χ2n) is 6.04. The van der Waals surface area contributed by atoms with Crippen molar-refractivity contribution in [2.75, 3.05) is 13.7 Å². The second-order valence-corrected chi connectivity index (χ2v) is 6.99. The number of methoxy groups -OCH3 is 1. The molecular weight excluding hydrogens is 266 g/mol. The first-order chi connectivity index (χ1) is 9.73. The number of hydrogen-bond acceptors (Lipinski definition) is 3. The van der Waals surface area contributed by atoms with Gasteiger partial charge in [0.1, 0.15) is 0 Å². The molecule has 1 fully saturated rings. The molecule has 0 aliphatic heterocycles. The maximum atomic E-state index is 6.14. The Balaban J connectivity index is 2.29. The molecule has 1 heterocycles. The van der Waals surface area contributed by atoms with Gasteiger partial charge in [-0.25, -0.2) is 0 Å². The topological polar surface area (TPSA) is 21.3 Å². The van der Waals surface area contributed by atoms with Crippen LogP contribution in [0.15, 0.2) is 11.4 Å². The van der Waals surface area contributed by atoms with Crippen LogP contribution in [0.2, 0.25) is 0 Å². The summed E-state index contributed by atoms with van der Waals surface area (Å²) >= 11 is 1.88. The summed E-state index contributed by atoms with van der Waals surface area (Å²) in [4.78, 5) is 1.47. The van der Waals surface area contributed by atoms with Crippen molar-refractivity contribution < 1.29 is 4.74 Å². The number of hydrogen-bond donors (Lipinski definition) is 1. The predicted octanol–water partition coefficient (Wildman–Crippen LogP) is 4.84. The van der Waals surface area contributed by atoms with Crippen LogP contribution in [-0.4, -0.2) is 19.3 Å². The molecule has 1 aromatic rings. The van der Waals surface area contributed by atoms with Crippen molar-refractivity contribution in [3.8, 4) is 0 Å². The van der Waals surface area contributed by atoms with Crippen molar-refractivity contribution in [1.82, 2.24) is 5.32 Å². The number of nitrogens with one attached hydrogen (secondary N) is 1. The van der Waals surface area contributed by atoms with E-state index in [9.17, 15) is 0 Å². The van der Waals surface area contributed by atoms with Gasteiger partial charge >= 0.3 is 0 Å². The number of rotatable bonds is 6. The zero-order valence-corrected chi connectivity index (χ0v) is 14.0. The largest absolute Gasteiger partial charge is 0.376 e. The van der Waals surface area contributed by atoms with Crippen molar-refractivity contribution in [2.45, 2.75) is 70.4 Å². The molecule has 114 valence electrons. The fourth-order valence-electron chi connectivity index (χ4n) is 3.42. The highest BCUT2D eigenvalue weighted by Gasteiger charge is 2.40. The highest BCUT2D eigenvalue weighted by molar-refractivity contribution is 7.10. The monoisotopic (exact) mass is 295 g/mol. The molecule has 1 aliphatic rings. The van der Waals surface area contributed by atoms with Gasteiger partial charge in [-0.05, 0) is 49.7 Å². The third-order valence-electron chi connectivity index (χ3n) is 4.64. The van der Waals surface area contributed by atoms with Gasteiger partial charge in [0.05, 0.1) is 11.6 Å². The Morgan fingerprint density at radius 2 is 2.00 bits per heavy atom. The zero-order valence-electron chi connectivity index (χ0n) is 13.2. The van der Waals surface area contributed by atoms with Crippen LogP contribution in [0.25, 0.3) is 0 Å². The van der Waals surface area contributed by atoms with E-state index >= 15 is 0 Å². The molecule has 1 N–H and O–H groups in total. The molecular formula is C17H29NOS. The minimum absolute atomic E-state index is 0.0126. The molecule has 0 radical (unpaired) electrons. The second kappa shape index (κ2) is 7.58. The first kappa shape index (κ1) is 16.0. The summed E-state index contributed by atoms with van der Waals surface area (Å²) in [5, 5.41) is 6.00. The SMILES string of the molecule is CCCNC(c1sccc1C)C1(OC)CCCCCC1. The van der Waals surface area contributed by atoms with Crippen molar-refractivity contribution in [3.05, 3.63) is 21.9 Å². The van der Waals surface area contributed by atoms with Crippen LogP contribution in [0.5, 0.6) is 0 Å². The van der Waals surface area contributed by atoms with E-state index in [2.05, 4.69) is 30.6 Å². The first-order valence-electron chi connectivity index (χ1n) is 8.06. The molecule has 2 nitrogen and oxygen atoms in total. The third kappa shape index (κ3) is 3.44. The van der Waals surface area contributed by atoms with Gasteiger partial charge in [-0.3, -0.25) is 0 Å². The van der Waals surface area contributed by atoms with E-state index in [1.54, 1.807) is 0 Å². The molecule has 1 aromatic heterocycles. The van der Waals surface area contributed by atoms with E-state index in [0.29, 0.717) is 6.04 Å². The van der Waals surface area contributed by atoms with E-state index in [4.69, 9.17) is 4.74 Å². The maximum absolute atomic E-state index is 6.14. The molecule has 1 atom stereocenters. The first-order valence-corrected chi connectivity index (χ1v) is 8.94. The van der Waals surface area contributed by atoms with Crippen LogP contribution in [0.1, 0.15) is 68.4 Å². The lowest BCUT2D eigenvalue weighted by Gasteiger charge is -2.40. The van der Waals surface area contributed by atoms with Gasteiger partial charge in [0.15, 0.2) is 0 Å². The molecule has 0 amide bonds. The Bertz CT molecular complexity index is 393. The summed E-state index contributed by atoms with van der Waals surface area (Å²) in [6.07, 6.45) is 8.83. The van der Waals surface area contributed by atoms with Crippen molar-refractivity contribution in [3.63, 3.8) is 0 Å². The van der Waals surface area contributed by atoms with E-state index < -0.39 is 0 Å². The third-order valence-corrected chi connectivity index (χ3v) is 5.73. The molecule has 0 bridgehead atoms. The lowest BCUT2D eigenvalue weighted by molar-refractivity contribution is -0.0532. The Morgan fingerprint density at radius 1 is 1.30 bits per heavy atom.